The molecule has 0 spiro atoms. The fourth-order valence-electron chi connectivity index (χ4n) is 3.26. The van der Waals surface area contributed by atoms with Crippen molar-refractivity contribution in [3.63, 3.8) is 0 Å². The second kappa shape index (κ2) is 7.72. The highest BCUT2D eigenvalue weighted by Crippen LogP contribution is 2.22. The van der Waals surface area contributed by atoms with Gasteiger partial charge in [0.1, 0.15) is 5.69 Å². The molecule has 1 fully saturated rings. The standard InChI is InChI=1S/C19H26N4O3S/c1-14(2)17-12-18(22(3)20-17)19(24)23-11-7-10-16(13-23)27(25,26)21-15-8-5-4-6-9-15/h4-6,8-9,12,14,16,21H,7,10-11,13H2,1-3H3. The normalized spacial score (nSPS) is 17.9. The summed E-state index contributed by atoms with van der Waals surface area (Å²) in [5, 5.41) is 3.76. The molecule has 0 radical (unpaired) electrons. The molecule has 7 nitrogen and oxygen atoms in total. The predicted molar refractivity (Wildman–Crippen MR) is 105 cm³/mol. The minimum atomic E-state index is -3.57. The lowest BCUT2D eigenvalue weighted by molar-refractivity contribution is 0.0716. The zero-order valence-corrected chi connectivity index (χ0v) is 16.7. The lowest BCUT2D eigenvalue weighted by Gasteiger charge is -2.32. The van der Waals surface area contributed by atoms with Crippen LogP contribution in [-0.4, -0.2) is 47.3 Å². The number of piperidine rings is 1. The summed E-state index contributed by atoms with van der Waals surface area (Å²) in [6.45, 7) is 4.78. The second-order valence-electron chi connectivity index (χ2n) is 7.26. The van der Waals surface area contributed by atoms with Crippen molar-refractivity contribution in [2.45, 2.75) is 37.9 Å². The topological polar surface area (TPSA) is 84.3 Å². The fourth-order valence-corrected chi connectivity index (χ4v) is 4.75. The van der Waals surface area contributed by atoms with Crippen molar-refractivity contribution in [2.24, 2.45) is 7.05 Å². The third-order valence-corrected chi connectivity index (χ3v) is 6.63. The molecule has 1 N–H and O–H groups in total. The molecule has 3 rings (SSSR count). The third-order valence-electron chi connectivity index (χ3n) is 4.85. The third kappa shape index (κ3) is 4.32. The van der Waals surface area contributed by atoms with Crippen LogP contribution in [0.1, 0.15) is 48.8 Å². The van der Waals surface area contributed by atoms with E-state index in [1.807, 2.05) is 19.9 Å². The summed E-state index contributed by atoms with van der Waals surface area (Å²) < 4.78 is 29.7. The number of anilines is 1. The molecule has 0 aliphatic carbocycles. The van der Waals surface area contributed by atoms with Crippen molar-refractivity contribution in [1.82, 2.24) is 14.7 Å². The molecule has 1 amide bonds. The molecular weight excluding hydrogens is 364 g/mol. The van der Waals surface area contributed by atoms with Gasteiger partial charge in [-0.2, -0.15) is 5.10 Å². The maximum absolute atomic E-state index is 12.9. The highest BCUT2D eigenvalue weighted by Gasteiger charge is 2.34. The smallest absolute Gasteiger partial charge is 0.272 e. The van der Waals surface area contributed by atoms with Crippen molar-refractivity contribution < 1.29 is 13.2 Å². The molecule has 2 aromatic rings. The van der Waals surface area contributed by atoms with Gasteiger partial charge in [0.2, 0.25) is 10.0 Å². The molecule has 2 heterocycles. The van der Waals surface area contributed by atoms with E-state index in [4.69, 9.17) is 0 Å². The molecule has 1 aromatic carbocycles. The Labute approximate surface area is 160 Å². The molecule has 27 heavy (non-hydrogen) atoms. The molecule has 0 bridgehead atoms. The van der Waals surface area contributed by atoms with Gasteiger partial charge in [-0.15, -0.1) is 0 Å². The summed E-state index contributed by atoms with van der Waals surface area (Å²) in [7, 11) is -1.83. The number of hydrogen-bond acceptors (Lipinski definition) is 4. The van der Waals surface area contributed by atoms with Crippen molar-refractivity contribution in [1.29, 1.82) is 0 Å². The number of aromatic nitrogens is 2. The Morgan fingerprint density at radius 2 is 1.96 bits per heavy atom. The number of amides is 1. The number of aryl methyl sites for hydroxylation is 1. The summed E-state index contributed by atoms with van der Waals surface area (Å²) in [6.07, 6.45) is 1.19. The van der Waals surface area contributed by atoms with Crippen LogP contribution in [0.3, 0.4) is 0 Å². The number of likely N-dealkylation sites (tertiary alicyclic amines) is 1. The van der Waals surface area contributed by atoms with Crippen LogP contribution in [0.4, 0.5) is 5.69 Å². The van der Waals surface area contributed by atoms with Crippen LogP contribution in [0, 0.1) is 0 Å². The molecule has 1 aliphatic rings. The van der Waals surface area contributed by atoms with E-state index in [9.17, 15) is 13.2 Å². The van der Waals surface area contributed by atoms with Gasteiger partial charge in [0, 0.05) is 25.8 Å². The van der Waals surface area contributed by atoms with Crippen LogP contribution >= 0.6 is 0 Å². The first kappa shape index (κ1) is 19.4. The van der Waals surface area contributed by atoms with Gasteiger partial charge >= 0.3 is 0 Å². The van der Waals surface area contributed by atoms with Gasteiger partial charge in [-0.25, -0.2) is 8.42 Å². The van der Waals surface area contributed by atoms with E-state index in [0.717, 1.165) is 5.69 Å². The second-order valence-corrected chi connectivity index (χ2v) is 9.22. The van der Waals surface area contributed by atoms with E-state index in [1.165, 1.54) is 0 Å². The first-order chi connectivity index (χ1) is 12.8. The number of para-hydroxylation sites is 1. The van der Waals surface area contributed by atoms with E-state index < -0.39 is 15.3 Å². The van der Waals surface area contributed by atoms with Crippen molar-refractivity contribution in [2.75, 3.05) is 17.8 Å². The number of benzene rings is 1. The van der Waals surface area contributed by atoms with Gasteiger partial charge in [-0.05, 0) is 37.0 Å². The Morgan fingerprint density at radius 3 is 2.59 bits per heavy atom. The van der Waals surface area contributed by atoms with E-state index in [-0.39, 0.29) is 18.4 Å². The summed E-state index contributed by atoms with van der Waals surface area (Å²) in [5.74, 6) is 0.0545. The Balaban J connectivity index is 1.74. The van der Waals surface area contributed by atoms with Crippen LogP contribution in [-0.2, 0) is 17.1 Å². The van der Waals surface area contributed by atoms with Gasteiger partial charge in [-0.1, -0.05) is 32.0 Å². The lowest BCUT2D eigenvalue weighted by Crippen LogP contribution is -2.47. The summed E-state index contributed by atoms with van der Waals surface area (Å²) >= 11 is 0. The average molecular weight is 391 g/mol. The van der Waals surface area contributed by atoms with Gasteiger partial charge < -0.3 is 4.90 Å². The zero-order chi connectivity index (χ0) is 19.6. The van der Waals surface area contributed by atoms with Crippen molar-refractivity contribution in [3.05, 3.63) is 47.8 Å². The van der Waals surface area contributed by atoms with E-state index in [0.29, 0.717) is 30.8 Å². The number of rotatable bonds is 5. The van der Waals surface area contributed by atoms with Gasteiger partial charge in [0.15, 0.2) is 0 Å². The monoisotopic (exact) mass is 390 g/mol. The van der Waals surface area contributed by atoms with Gasteiger partial charge in [0.05, 0.1) is 10.9 Å². The van der Waals surface area contributed by atoms with E-state index in [1.54, 1.807) is 47.0 Å². The largest absolute Gasteiger partial charge is 0.336 e. The Morgan fingerprint density at radius 1 is 1.26 bits per heavy atom. The maximum Gasteiger partial charge on any atom is 0.272 e. The number of nitrogens with one attached hydrogen (secondary N) is 1. The molecule has 146 valence electrons. The summed E-state index contributed by atoms with van der Waals surface area (Å²) in [4.78, 5) is 14.6. The van der Waals surface area contributed by atoms with E-state index >= 15 is 0 Å². The number of sulfonamides is 1. The summed E-state index contributed by atoms with van der Waals surface area (Å²) in [6, 6.07) is 10.6. The van der Waals surface area contributed by atoms with Crippen LogP contribution in [0.5, 0.6) is 0 Å². The highest BCUT2D eigenvalue weighted by atomic mass is 32.2. The van der Waals surface area contributed by atoms with Crippen LogP contribution in [0.25, 0.3) is 0 Å². The quantitative estimate of drug-likeness (QED) is 0.850. The molecule has 1 atom stereocenters. The molecule has 0 saturated carbocycles. The molecule has 1 aromatic heterocycles. The fraction of sp³-hybridized carbons (Fsp3) is 0.474. The van der Waals surface area contributed by atoms with E-state index in [2.05, 4.69) is 9.82 Å². The summed E-state index contributed by atoms with van der Waals surface area (Å²) in [5.41, 5.74) is 1.88. The minimum Gasteiger partial charge on any atom is -0.336 e. The molecule has 1 unspecified atom stereocenters. The maximum atomic E-state index is 12.9. The lowest BCUT2D eigenvalue weighted by atomic mass is 10.1. The van der Waals surface area contributed by atoms with Crippen LogP contribution < -0.4 is 4.72 Å². The van der Waals surface area contributed by atoms with Crippen LogP contribution in [0.2, 0.25) is 0 Å². The number of nitrogens with zero attached hydrogens (tertiary/aromatic N) is 3. The van der Waals surface area contributed by atoms with Crippen LogP contribution in [0.15, 0.2) is 36.4 Å². The number of carbonyl (C=O) groups excluding carboxylic acids is 1. The Hall–Kier alpha value is -2.35. The van der Waals surface area contributed by atoms with Crippen molar-refractivity contribution >= 4 is 21.6 Å². The Kier molecular flexibility index (Phi) is 5.55. The number of hydrogen-bond donors (Lipinski definition) is 1. The zero-order valence-electron chi connectivity index (χ0n) is 15.9. The van der Waals surface area contributed by atoms with Gasteiger partial charge in [0.25, 0.3) is 5.91 Å². The molecule has 8 heteroatoms. The average Bonchev–Trinajstić information content (AvgIpc) is 3.04. The number of carbonyl (C=O) groups is 1. The molecule has 1 aliphatic heterocycles. The first-order valence-electron chi connectivity index (χ1n) is 9.18. The highest BCUT2D eigenvalue weighted by molar-refractivity contribution is 7.93. The van der Waals surface area contributed by atoms with Crippen molar-refractivity contribution in [3.8, 4) is 0 Å². The SMILES string of the molecule is CC(C)c1cc(C(=O)N2CCCC(S(=O)(=O)Nc3ccccc3)C2)n(C)n1. The minimum absolute atomic E-state index is 0.170. The predicted octanol–water partition coefficient (Wildman–Crippen LogP) is 2.59. The first-order valence-corrected chi connectivity index (χ1v) is 10.7. The molecular formula is C19H26N4O3S. The molecule has 1 saturated heterocycles. The Bertz CT molecular complexity index is 906. The van der Waals surface area contributed by atoms with Gasteiger partial charge in [-0.3, -0.25) is 14.2 Å².